The molecule has 4 heteroatoms. The summed E-state index contributed by atoms with van der Waals surface area (Å²) in [6, 6.07) is 12.7. The first-order valence-corrected chi connectivity index (χ1v) is 6.46. The van der Waals surface area contributed by atoms with E-state index in [9.17, 15) is 9.90 Å². The second-order valence-corrected chi connectivity index (χ2v) is 4.32. The van der Waals surface area contributed by atoms with Crippen LogP contribution in [0.5, 0.6) is 11.5 Å². The van der Waals surface area contributed by atoms with E-state index >= 15 is 0 Å². The van der Waals surface area contributed by atoms with Crippen LogP contribution in [0.1, 0.15) is 22.8 Å². The largest absolute Gasteiger partial charge is 0.507 e. The number of aldehydes is 1. The Balaban J connectivity index is 1.97. The average molecular weight is 271 g/mol. The zero-order chi connectivity index (χ0) is 14.4. The van der Waals surface area contributed by atoms with E-state index in [4.69, 9.17) is 4.74 Å². The molecule has 2 aromatic rings. The zero-order valence-electron chi connectivity index (χ0n) is 11.3. The molecule has 0 aliphatic carbocycles. The van der Waals surface area contributed by atoms with Gasteiger partial charge in [0.25, 0.3) is 0 Å². The molecule has 0 fully saturated rings. The van der Waals surface area contributed by atoms with Gasteiger partial charge in [0.2, 0.25) is 0 Å². The molecule has 104 valence electrons. The summed E-state index contributed by atoms with van der Waals surface area (Å²) in [5.74, 6) is 0.834. The fourth-order valence-corrected chi connectivity index (χ4v) is 1.83. The van der Waals surface area contributed by atoms with Crippen LogP contribution in [0.15, 0.2) is 42.5 Å². The number of nitrogens with one attached hydrogen (secondary N) is 1. The van der Waals surface area contributed by atoms with Crippen LogP contribution in [0, 0.1) is 0 Å². The van der Waals surface area contributed by atoms with Crippen molar-refractivity contribution in [1.82, 2.24) is 0 Å². The highest BCUT2D eigenvalue weighted by molar-refractivity contribution is 5.80. The number of carbonyl (C=O) groups is 1. The van der Waals surface area contributed by atoms with Crippen molar-refractivity contribution in [3.63, 3.8) is 0 Å². The molecule has 0 amide bonds. The third kappa shape index (κ3) is 3.51. The highest BCUT2D eigenvalue weighted by Gasteiger charge is 2.01. The zero-order valence-corrected chi connectivity index (χ0v) is 11.3. The van der Waals surface area contributed by atoms with E-state index in [1.54, 1.807) is 12.1 Å². The third-order valence-corrected chi connectivity index (χ3v) is 2.89. The standard InChI is InChI=1S/C16H17NO3/c1-2-20-15-7-3-12(4-8-15)10-17-14-6-5-13(11-18)16(19)9-14/h3-9,11,17,19H,2,10H2,1H3. The quantitative estimate of drug-likeness (QED) is 0.792. The van der Waals surface area contributed by atoms with Crippen LogP contribution in [0.3, 0.4) is 0 Å². The maximum atomic E-state index is 10.6. The Morgan fingerprint density at radius 3 is 2.55 bits per heavy atom. The summed E-state index contributed by atoms with van der Waals surface area (Å²) in [7, 11) is 0. The smallest absolute Gasteiger partial charge is 0.153 e. The first-order chi connectivity index (χ1) is 9.72. The second-order valence-electron chi connectivity index (χ2n) is 4.32. The number of carbonyl (C=O) groups excluding carboxylic acids is 1. The maximum Gasteiger partial charge on any atom is 0.153 e. The van der Waals surface area contributed by atoms with Crippen molar-refractivity contribution >= 4 is 12.0 Å². The first kappa shape index (κ1) is 13.9. The lowest BCUT2D eigenvalue weighted by molar-refractivity contribution is 0.112. The van der Waals surface area contributed by atoms with Gasteiger partial charge in [-0.15, -0.1) is 0 Å². The number of phenolic OH excluding ortho intramolecular Hbond substituents is 1. The molecule has 0 bridgehead atoms. The van der Waals surface area contributed by atoms with E-state index in [1.807, 2.05) is 31.2 Å². The number of hydrogen-bond donors (Lipinski definition) is 2. The number of aromatic hydroxyl groups is 1. The minimum Gasteiger partial charge on any atom is -0.507 e. The van der Waals surface area contributed by atoms with Crippen LogP contribution in [-0.2, 0) is 6.54 Å². The van der Waals surface area contributed by atoms with Crippen molar-refractivity contribution in [2.45, 2.75) is 13.5 Å². The van der Waals surface area contributed by atoms with Crippen LogP contribution in [-0.4, -0.2) is 18.0 Å². The Labute approximate surface area is 118 Å². The molecule has 4 nitrogen and oxygen atoms in total. The monoisotopic (exact) mass is 271 g/mol. The van der Waals surface area contributed by atoms with Gasteiger partial charge in [0.05, 0.1) is 12.2 Å². The molecule has 0 aliphatic heterocycles. The Hall–Kier alpha value is -2.49. The number of rotatable bonds is 6. The van der Waals surface area contributed by atoms with E-state index < -0.39 is 0 Å². The van der Waals surface area contributed by atoms with Crippen molar-refractivity contribution in [1.29, 1.82) is 0 Å². The fraction of sp³-hybridized carbons (Fsp3) is 0.188. The summed E-state index contributed by atoms with van der Waals surface area (Å²) >= 11 is 0. The maximum absolute atomic E-state index is 10.6. The summed E-state index contributed by atoms with van der Waals surface area (Å²) in [6.07, 6.45) is 0.631. The minimum absolute atomic E-state index is 0.0170. The van der Waals surface area contributed by atoms with E-state index in [0.717, 1.165) is 17.0 Å². The molecule has 2 N–H and O–H groups in total. The lowest BCUT2D eigenvalue weighted by atomic mass is 10.2. The predicted molar refractivity (Wildman–Crippen MR) is 78.4 cm³/mol. The van der Waals surface area contributed by atoms with Gasteiger partial charge in [-0.3, -0.25) is 4.79 Å². The van der Waals surface area contributed by atoms with Crippen LogP contribution in [0.4, 0.5) is 5.69 Å². The Bertz CT molecular complexity index is 579. The lowest BCUT2D eigenvalue weighted by Gasteiger charge is -2.09. The van der Waals surface area contributed by atoms with Gasteiger partial charge in [0, 0.05) is 18.3 Å². The highest BCUT2D eigenvalue weighted by atomic mass is 16.5. The van der Waals surface area contributed by atoms with Gasteiger partial charge in [-0.1, -0.05) is 12.1 Å². The van der Waals surface area contributed by atoms with Crippen molar-refractivity contribution in [3.8, 4) is 11.5 Å². The van der Waals surface area contributed by atoms with Crippen LogP contribution in [0.25, 0.3) is 0 Å². The lowest BCUT2D eigenvalue weighted by Crippen LogP contribution is -2.00. The number of phenols is 1. The highest BCUT2D eigenvalue weighted by Crippen LogP contribution is 2.21. The second kappa shape index (κ2) is 6.61. The predicted octanol–water partition coefficient (Wildman–Crippen LogP) is 3.22. The normalized spacial score (nSPS) is 10.1. The summed E-state index contributed by atoms with van der Waals surface area (Å²) in [5.41, 5.74) is 2.16. The van der Waals surface area contributed by atoms with E-state index in [2.05, 4.69) is 5.32 Å². The van der Waals surface area contributed by atoms with E-state index in [0.29, 0.717) is 19.4 Å². The molecule has 0 unspecified atom stereocenters. The van der Waals surface area contributed by atoms with Gasteiger partial charge < -0.3 is 15.2 Å². The van der Waals surface area contributed by atoms with Crippen molar-refractivity contribution in [2.75, 3.05) is 11.9 Å². The van der Waals surface area contributed by atoms with Crippen molar-refractivity contribution in [2.24, 2.45) is 0 Å². The van der Waals surface area contributed by atoms with Crippen LogP contribution in [0.2, 0.25) is 0 Å². The molecule has 0 radical (unpaired) electrons. The van der Waals surface area contributed by atoms with Gasteiger partial charge in [0.15, 0.2) is 6.29 Å². The Kier molecular flexibility index (Phi) is 4.60. The van der Waals surface area contributed by atoms with Gasteiger partial charge in [-0.2, -0.15) is 0 Å². The summed E-state index contributed by atoms with van der Waals surface area (Å²) in [6.45, 7) is 3.23. The van der Waals surface area contributed by atoms with Crippen molar-refractivity contribution < 1.29 is 14.6 Å². The molecule has 0 atom stereocenters. The van der Waals surface area contributed by atoms with Crippen LogP contribution >= 0.6 is 0 Å². The Morgan fingerprint density at radius 2 is 1.95 bits per heavy atom. The molecule has 20 heavy (non-hydrogen) atoms. The SMILES string of the molecule is CCOc1ccc(CNc2ccc(C=O)c(O)c2)cc1. The molecule has 0 saturated heterocycles. The summed E-state index contributed by atoms with van der Waals surface area (Å²) in [5, 5.41) is 12.8. The molecule has 0 spiro atoms. The van der Waals surface area contributed by atoms with E-state index in [1.165, 1.54) is 6.07 Å². The molecule has 2 aromatic carbocycles. The van der Waals surface area contributed by atoms with Gasteiger partial charge in [-0.05, 0) is 36.8 Å². The fourth-order valence-electron chi connectivity index (χ4n) is 1.83. The Morgan fingerprint density at radius 1 is 1.20 bits per heavy atom. The van der Waals surface area contributed by atoms with Gasteiger partial charge in [-0.25, -0.2) is 0 Å². The number of hydrogen-bond acceptors (Lipinski definition) is 4. The number of anilines is 1. The molecule has 0 aliphatic rings. The third-order valence-electron chi connectivity index (χ3n) is 2.89. The van der Waals surface area contributed by atoms with Crippen molar-refractivity contribution in [3.05, 3.63) is 53.6 Å². The molecular formula is C16H17NO3. The van der Waals surface area contributed by atoms with Crippen LogP contribution < -0.4 is 10.1 Å². The molecule has 0 heterocycles. The molecule has 0 saturated carbocycles. The number of benzene rings is 2. The van der Waals surface area contributed by atoms with E-state index in [-0.39, 0.29) is 11.3 Å². The first-order valence-electron chi connectivity index (χ1n) is 6.46. The molecular weight excluding hydrogens is 254 g/mol. The van der Waals surface area contributed by atoms with Gasteiger partial charge >= 0.3 is 0 Å². The average Bonchev–Trinajstić information content (AvgIpc) is 2.47. The number of ether oxygens (including phenoxy) is 1. The topological polar surface area (TPSA) is 58.6 Å². The molecule has 2 rings (SSSR count). The van der Waals surface area contributed by atoms with Gasteiger partial charge in [0.1, 0.15) is 11.5 Å². The minimum atomic E-state index is -0.0170. The molecule has 0 aromatic heterocycles. The summed E-state index contributed by atoms with van der Waals surface area (Å²) < 4.78 is 5.38. The summed E-state index contributed by atoms with van der Waals surface area (Å²) in [4.78, 5) is 10.6.